The fraction of sp³-hybridized carbons (Fsp3) is 0.600. The maximum Gasteiger partial charge on any atom is 0.0975 e. The summed E-state index contributed by atoms with van der Waals surface area (Å²) in [5.74, 6) is 0.534. The highest BCUT2D eigenvalue weighted by Crippen LogP contribution is 2.23. The molecule has 0 spiro atoms. The van der Waals surface area contributed by atoms with Crippen LogP contribution in [0.4, 0.5) is 0 Å². The highest BCUT2D eigenvalue weighted by molar-refractivity contribution is 5.24. The Labute approximate surface area is 105 Å². The van der Waals surface area contributed by atoms with E-state index in [1.807, 2.05) is 0 Å². The quantitative estimate of drug-likeness (QED) is 0.819. The molecule has 0 bridgehead atoms. The monoisotopic (exact) mass is 235 g/mol. The van der Waals surface area contributed by atoms with Gasteiger partial charge in [-0.05, 0) is 24.8 Å². The number of hydrogen-bond acceptors (Lipinski definition) is 2. The van der Waals surface area contributed by atoms with Crippen molar-refractivity contribution in [3.05, 3.63) is 35.4 Å². The van der Waals surface area contributed by atoms with Crippen LogP contribution in [0.1, 0.15) is 44.4 Å². The van der Waals surface area contributed by atoms with E-state index in [0.717, 1.165) is 13.0 Å². The molecule has 1 aromatic rings. The van der Waals surface area contributed by atoms with Gasteiger partial charge in [-0.3, -0.25) is 0 Å². The van der Waals surface area contributed by atoms with Crippen LogP contribution in [0.15, 0.2) is 24.3 Å². The van der Waals surface area contributed by atoms with Gasteiger partial charge in [0, 0.05) is 12.6 Å². The predicted octanol–water partition coefficient (Wildman–Crippen LogP) is 3.45. The van der Waals surface area contributed by atoms with Crippen molar-refractivity contribution in [2.45, 2.75) is 46.3 Å². The Hall–Kier alpha value is -0.860. The van der Waals surface area contributed by atoms with Crippen molar-refractivity contribution < 1.29 is 4.74 Å². The van der Waals surface area contributed by atoms with Crippen LogP contribution in [0.25, 0.3) is 0 Å². The first kappa shape index (κ1) is 14.2. The second-order valence-electron chi connectivity index (χ2n) is 5.13. The average Bonchev–Trinajstić information content (AvgIpc) is 2.30. The largest absolute Gasteiger partial charge is 0.372 e. The number of nitrogens with two attached hydrogens (primary N) is 1. The summed E-state index contributed by atoms with van der Waals surface area (Å²) >= 11 is 0. The van der Waals surface area contributed by atoms with Crippen molar-refractivity contribution in [1.29, 1.82) is 0 Å². The van der Waals surface area contributed by atoms with E-state index in [1.165, 1.54) is 11.1 Å². The van der Waals surface area contributed by atoms with Gasteiger partial charge in [-0.25, -0.2) is 0 Å². The van der Waals surface area contributed by atoms with Gasteiger partial charge in [-0.1, -0.05) is 50.6 Å². The molecular formula is C15H25NO. The minimum absolute atomic E-state index is 0.0167. The van der Waals surface area contributed by atoms with Crippen molar-refractivity contribution in [3.8, 4) is 0 Å². The van der Waals surface area contributed by atoms with Crippen LogP contribution in [0.5, 0.6) is 0 Å². The van der Waals surface area contributed by atoms with Gasteiger partial charge in [0.1, 0.15) is 0 Å². The molecule has 0 aliphatic heterocycles. The lowest BCUT2D eigenvalue weighted by molar-refractivity contribution is 0.0177. The molecule has 17 heavy (non-hydrogen) atoms. The first-order chi connectivity index (χ1) is 8.04. The van der Waals surface area contributed by atoms with Crippen molar-refractivity contribution in [2.75, 3.05) is 6.61 Å². The third-order valence-electron chi connectivity index (χ3n) is 2.88. The fourth-order valence-corrected chi connectivity index (χ4v) is 1.73. The van der Waals surface area contributed by atoms with Crippen LogP contribution in [-0.4, -0.2) is 12.6 Å². The molecule has 0 aromatic heterocycles. The number of hydrogen-bond donors (Lipinski definition) is 1. The van der Waals surface area contributed by atoms with Crippen molar-refractivity contribution in [1.82, 2.24) is 0 Å². The van der Waals surface area contributed by atoms with Crippen molar-refractivity contribution in [2.24, 2.45) is 11.7 Å². The molecule has 2 N–H and O–H groups in total. The Balaban J connectivity index is 2.78. The van der Waals surface area contributed by atoms with Gasteiger partial charge in [-0.15, -0.1) is 0 Å². The molecule has 1 aromatic carbocycles. The Bertz CT molecular complexity index is 318. The lowest BCUT2D eigenvalue weighted by Crippen LogP contribution is -2.30. The molecule has 0 fully saturated rings. The van der Waals surface area contributed by atoms with E-state index in [0.29, 0.717) is 5.92 Å². The minimum atomic E-state index is 0.0167. The van der Waals surface area contributed by atoms with Gasteiger partial charge in [0.05, 0.1) is 6.10 Å². The van der Waals surface area contributed by atoms with Gasteiger partial charge < -0.3 is 10.5 Å². The molecule has 1 rings (SSSR count). The first-order valence-electron chi connectivity index (χ1n) is 6.48. The van der Waals surface area contributed by atoms with E-state index >= 15 is 0 Å². The van der Waals surface area contributed by atoms with E-state index in [9.17, 15) is 0 Å². The molecule has 2 nitrogen and oxygen atoms in total. The second-order valence-corrected chi connectivity index (χ2v) is 5.13. The number of ether oxygens (including phenoxy) is 1. The predicted molar refractivity (Wildman–Crippen MR) is 73.0 cm³/mol. The number of benzene rings is 1. The zero-order valence-corrected chi connectivity index (χ0v) is 11.4. The molecule has 0 saturated heterocycles. The summed E-state index contributed by atoms with van der Waals surface area (Å²) in [4.78, 5) is 0. The van der Waals surface area contributed by atoms with Gasteiger partial charge in [-0.2, -0.15) is 0 Å². The summed E-state index contributed by atoms with van der Waals surface area (Å²) in [6.07, 6.45) is 0.944. The summed E-state index contributed by atoms with van der Waals surface area (Å²) in [6.45, 7) is 9.26. The number of aryl methyl sites for hydroxylation is 1. The summed E-state index contributed by atoms with van der Waals surface area (Å²) in [5.41, 5.74) is 8.60. The Morgan fingerprint density at radius 2 is 1.76 bits per heavy atom. The topological polar surface area (TPSA) is 35.2 Å². The van der Waals surface area contributed by atoms with Gasteiger partial charge in [0.25, 0.3) is 0 Å². The Morgan fingerprint density at radius 1 is 1.18 bits per heavy atom. The molecular weight excluding hydrogens is 210 g/mol. The molecule has 0 aliphatic rings. The highest BCUT2D eigenvalue weighted by Gasteiger charge is 2.19. The zero-order chi connectivity index (χ0) is 12.8. The van der Waals surface area contributed by atoms with E-state index in [1.54, 1.807) is 0 Å². The molecule has 96 valence electrons. The molecule has 0 radical (unpaired) electrons. The van der Waals surface area contributed by atoms with Crippen LogP contribution in [-0.2, 0) is 4.74 Å². The standard InChI is InChI=1S/C15H25NO/c1-5-14(16)15(17-10-11(2)3)13-8-6-12(4)7-9-13/h6-9,11,14-15H,5,10,16H2,1-4H3. The van der Waals surface area contributed by atoms with Crippen molar-refractivity contribution in [3.63, 3.8) is 0 Å². The summed E-state index contributed by atoms with van der Waals surface area (Å²) in [6, 6.07) is 8.54. The van der Waals surface area contributed by atoms with E-state index < -0.39 is 0 Å². The molecule has 0 amide bonds. The third-order valence-corrected chi connectivity index (χ3v) is 2.88. The minimum Gasteiger partial charge on any atom is -0.372 e. The highest BCUT2D eigenvalue weighted by atomic mass is 16.5. The van der Waals surface area contributed by atoms with Gasteiger partial charge >= 0.3 is 0 Å². The van der Waals surface area contributed by atoms with Crippen LogP contribution in [0.2, 0.25) is 0 Å². The smallest absolute Gasteiger partial charge is 0.0975 e. The fourth-order valence-electron chi connectivity index (χ4n) is 1.73. The molecule has 0 heterocycles. The van der Waals surface area contributed by atoms with E-state index in [4.69, 9.17) is 10.5 Å². The molecule has 2 atom stereocenters. The molecule has 0 saturated carbocycles. The van der Waals surface area contributed by atoms with E-state index in [-0.39, 0.29) is 12.1 Å². The summed E-state index contributed by atoms with van der Waals surface area (Å²) < 4.78 is 5.96. The van der Waals surface area contributed by atoms with Crippen molar-refractivity contribution >= 4 is 0 Å². The molecule has 2 unspecified atom stereocenters. The Morgan fingerprint density at radius 3 is 2.24 bits per heavy atom. The SMILES string of the molecule is CCC(N)C(OCC(C)C)c1ccc(C)cc1. The lowest BCUT2D eigenvalue weighted by Gasteiger charge is -2.25. The first-order valence-corrected chi connectivity index (χ1v) is 6.48. The maximum atomic E-state index is 6.15. The summed E-state index contributed by atoms with van der Waals surface area (Å²) in [5, 5.41) is 0. The van der Waals surface area contributed by atoms with Crippen LogP contribution < -0.4 is 5.73 Å². The Kier molecular flexibility index (Phi) is 5.66. The lowest BCUT2D eigenvalue weighted by atomic mass is 9.99. The van der Waals surface area contributed by atoms with E-state index in [2.05, 4.69) is 52.0 Å². The van der Waals surface area contributed by atoms with Gasteiger partial charge in [0.15, 0.2) is 0 Å². The average molecular weight is 235 g/mol. The van der Waals surface area contributed by atoms with Crippen LogP contribution in [0.3, 0.4) is 0 Å². The third kappa shape index (κ3) is 4.49. The maximum absolute atomic E-state index is 6.15. The zero-order valence-electron chi connectivity index (χ0n) is 11.4. The second kappa shape index (κ2) is 6.77. The number of rotatable bonds is 6. The normalized spacial score (nSPS) is 14.9. The molecule has 0 aliphatic carbocycles. The van der Waals surface area contributed by atoms with Crippen LogP contribution >= 0.6 is 0 Å². The summed E-state index contributed by atoms with van der Waals surface area (Å²) in [7, 11) is 0. The van der Waals surface area contributed by atoms with Crippen LogP contribution in [0, 0.1) is 12.8 Å². The molecule has 2 heteroatoms. The van der Waals surface area contributed by atoms with Gasteiger partial charge in [0.2, 0.25) is 0 Å².